The van der Waals surface area contributed by atoms with Crippen molar-refractivity contribution in [2.24, 2.45) is 5.73 Å². The van der Waals surface area contributed by atoms with Crippen LogP contribution in [-0.4, -0.2) is 17.3 Å². The first-order chi connectivity index (χ1) is 11.2. The molecule has 0 unspecified atom stereocenters. The summed E-state index contributed by atoms with van der Waals surface area (Å²) >= 11 is 0. The zero-order valence-electron chi connectivity index (χ0n) is 13.1. The molecule has 1 atom stereocenters. The second-order valence-electron chi connectivity index (χ2n) is 5.37. The number of hydrogen-bond acceptors (Lipinski definition) is 5. The Morgan fingerprint density at radius 3 is 2.74 bits per heavy atom. The molecule has 0 fully saturated rings. The second kappa shape index (κ2) is 6.05. The van der Waals surface area contributed by atoms with Crippen LogP contribution >= 0.6 is 0 Å². The van der Waals surface area contributed by atoms with E-state index in [-0.39, 0.29) is 11.8 Å². The van der Waals surface area contributed by atoms with Crippen molar-refractivity contribution in [1.82, 2.24) is 10.2 Å². The maximum absolute atomic E-state index is 9.55. The zero-order chi connectivity index (χ0) is 16.4. The standard InChI is InChI=1S/C17H18N4O2/c1-3-4-13-15-14(10-5-7-11(22-2)8-6-10)12(9-18)16(19)23-17(15)21-20-13/h5-8,14H,3-4,19H2,1-2H3,(H,20,21)/t14-/m1/s1. The molecule has 0 saturated heterocycles. The summed E-state index contributed by atoms with van der Waals surface area (Å²) in [4.78, 5) is 0. The molecular formula is C17H18N4O2. The van der Waals surface area contributed by atoms with Crippen molar-refractivity contribution in [2.75, 3.05) is 7.11 Å². The highest BCUT2D eigenvalue weighted by Gasteiger charge is 2.34. The second-order valence-corrected chi connectivity index (χ2v) is 5.37. The number of nitriles is 1. The van der Waals surface area contributed by atoms with Crippen molar-refractivity contribution < 1.29 is 9.47 Å². The van der Waals surface area contributed by atoms with Gasteiger partial charge in [-0.15, -0.1) is 5.10 Å². The van der Waals surface area contributed by atoms with Gasteiger partial charge in [-0.25, -0.2) is 0 Å². The predicted octanol–water partition coefficient (Wildman–Crippen LogP) is 2.59. The normalized spacial score (nSPS) is 16.5. The summed E-state index contributed by atoms with van der Waals surface area (Å²) < 4.78 is 10.7. The van der Waals surface area contributed by atoms with Gasteiger partial charge in [0.1, 0.15) is 17.4 Å². The number of benzene rings is 1. The molecule has 1 aliphatic rings. The van der Waals surface area contributed by atoms with Gasteiger partial charge in [0, 0.05) is 11.3 Å². The van der Waals surface area contributed by atoms with Crippen LogP contribution in [0, 0.1) is 11.3 Å². The molecular weight excluding hydrogens is 292 g/mol. The van der Waals surface area contributed by atoms with Gasteiger partial charge in [0.25, 0.3) is 0 Å². The molecule has 0 radical (unpaired) electrons. The Hall–Kier alpha value is -2.94. The summed E-state index contributed by atoms with van der Waals surface area (Å²) in [5, 5.41) is 16.8. The van der Waals surface area contributed by atoms with E-state index in [9.17, 15) is 5.26 Å². The quantitative estimate of drug-likeness (QED) is 0.904. The minimum atomic E-state index is -0.282. The highest BCUT2D eigenvalue weighted by atomic mass is 16.5. The van der Waals surface area contributed by atoms with Crippen molar-refractivity contribution >= 4 is 0 Å². The lowest BCUT2D eigenvalue weighted by molar-refractivity contribution is 0.378. The van der Waals surface area contributed by atoms with E-state index in [1.54, 1.807) is 7.11 Å². The number of ether oxygens (including phenoxy) is 2. The van der Waals surface area contributed by atoms with E-state index in [2.05, 4.69) is 23.2 Å². The molecule has 0 spiro atoms. The van der Waals surface area contributed by atoms with Crippen molar-refractivity contribution in [2.45, 2.75) is 25.7 Å². The van der Waals surface area contributed by atoms with Gasteiger partial charge in [-0.1, -0.05) is 25.5 Å². The van der Waals surface area contributed by atoms with Gasteiger partial charge in [0.15, 0.2) is 0 Å². The fraction of sp³-hybridized carbons (Fsp3) is 0.294. The van der Waals surface area contributed by atoms with Gasteiger partial charge in [0.2, 0.25) is 11.8 Å². The van der Waals surface area contributed by atoms with Crippen LogP contribution in [0.3, 0.4) is 0 Å². The van der Waals surface area contributed by atoms with Crippen LogP contribution in [0.5, 0.6) is 11.6 Å². The van der Waals surface area contributed by atoms with E-state index in [0.717, 1.165) is 35.4 Å². The van der Waals surface area contributed by atoms with Crippen LogP contribution in [0.1, 0.15) is 36.1 Å². The lowest BCUT2D eigenvalue weighted by atomic mass is 9.83. The number of aromatic nitrogens is 2. The molecule has 0 amide bonds. The number of aryl methyl sites for hydroxylation is 1. The van der Waals surface area contributed by atoms with Crippen LogP contribution in [0.15, 0.2) is 35.7 Å². The number of hydrogen-bond donors (Lipinski definition) is 2. The first kappa shape index (κ1) is 15.0. The molecule has 3 rings (SSSR count). The molecule has 2 heterocycles. The molecule has 3 N–H and O–H groups in total. The summed E-state index contributed by atoms with van der Waals surface area (Å²) in [6, 6.07) is 9.80. The third-order valence-electron chi connectivity index (χ3n) is 3.97. The summed E-state index contributed by atoms with van der Waals surface area (Å²) in [5.74, 6) is 1.04. The molecule has 23 heavy (non-hydrogen) atoms. The van der Waals surface area contributed by atoms with Gasteiger partial charge in [0.05, 0.1) is 13.0 Å². The SMILES string of the molecule is CCCc1[nH]nc2c1[C@H](c1ccc(OC)cc1)C(C#N)=C(N)O2. The summed E-state index contributed by atoms with van der Waals surface area (Å²) in [6.45, 7) is 2.09. The third-order valence-corrected chi connectivity index (χ3v) is 3.97. The smallest absolute Gasteiger partial charge is 0.244 e. The number of nitrogens with one attached hydrogen (secondary N) is 1. The number of nitrogens with two attached hydrogens (primary N) is 1. The van der Waals surface area contributed by atoms with E-state index in [0.29, 0.717) is 11.5 Å². The van der Waals surface area contributed by atoms with E-state index < -0.39 is 0 Å². The molecule has 0 saturated carbocycles. The zero-order valence-corrected chi connectivity index (χ0v) is 13.1. The predicted molar refractivity (Wildman–Crippen MR) is 84.9 cm³/mol. The van der Waals surface area contributed by atoms with Crippen molar-refractivity contribution in [3.8, 4) is 17.7 Å². The van der Waals surface area contributed by atoms with Crippen LogP contribution < -0.4 is 15.2 Å². The van der Waals surface area contributed by atoms with Crippen LogP contribution in [0.2, 0.25) is 0 Å². The number of fused-ring (bicyclic) bond motifs is 1. The number of methoxy groups -OCH3 is 1. The lowest BCUT2D eigenvalue weighted by Gasteiger charge is -2.24. The average molecular weight is 310 g/mol. The number of allylic oxidation sites excluding steroid dienone is 1. The first-order valence-corrected chi connectivity index (χ1v) is 7.48. The molecule has 6 nitrogen and oxygen atoms in total. The van der Waals surface area contributed by atoms with E-state index in [1.165, 1.54) is 0 Å². The van der Waals surface area contributed by atoms with Crippen molar-refractivity contribution in [3.63, 3.8) is 0 Å². The maximum Gasteiger partial charge on any atom is 0.244 e. The number of H-pyrrole nitrogens is 1. The molecule has 2 aromatic rings. The molecule has 1 aliphatic heterocycles. The van der Waals surface area contributed by atoms with Gasteiger partial charge < -0.3 is 15.2 Å². The molecule has 0 aliphatic carbocycles. The Kier molecular flexibility index (Phi) is 3.94. The highest BCUT2D eigenvalue weighted by molar-refractivity contribution is 5.55. The fourth-order valence-electron chi connectivity index (χ4n) is 2.88. The monoisotopic (exact) mass is 310 g/mol. The van der Waals surface area contributed by atoms with Crippen LogP contribution in [0.4, 0.5) is 0 Å². The van der Waals surface area contributed by atoms with Gasteiger partial charge >= 0.3 is 0 Å². The molecule has 1 aromatic heterocycles. The van der Waals surface area contributed by atoms with Gasteiger partial charge in [-0.05, 0) is 24.1 Å². The Bertz CT molecular complexity index is 784. The average Bonchev–Trinajstić information content (AvgIpc) is 2.96. The maximum atomic E-state index is 9.55. The van der Waals surface area contributed by atoms with Gasteiger partial charge in [-0.3, -0.25) is 5.10 Å². The Morgan fingerprint density at radius 1 is 1.39 bits per heavy atom. The Morgan fingerprint density at radius 2 is 2.13 bits per heavy atom. The third kappa shape index (κ3) is 2.50. The number of aromatic amines is 1. The first-order valence-electron chi connectivity index (χ1n) is 7.48. The van der Waals surface area contributed by atoms with E-state index >= 15 is 0 Å². The van der Waals surface area contributed by atoms with E-state index in [1.807, 2.05) is 24.3 Å². The Labute approximate surface area is 134 Å². The van der Waals surface area contributed by atoms with Crippen LogP contribution in [-0.2, 0) is 6.42 Å². The largest absolute Gasteiger partial charge is 0.497 e. The van der Waals surface area contributed by atoms with Crippen molar-refractivity contribution in [3.05, 3.63) is 52.5 Å². The lowest BCUT2D eigenvalue weighted by Crippen LogP contribution is -2.21. The summed E-state index contributed by atoms with van der Waals surface area (Å²) in [7, 11) is 1.62. The summed E-state index contributed by atoms with van der Waals surface area (Å²) in [5.41, 5.74) is 9.15. The van der Waals surface area contributed by atoms with Crippen molar-refractivity contribution in [1.29, 1.82) is 5.26 Å². The van der Waals surface area contributed by atoms with Gasteiger partial charge in [-0.2, -0.15) is 5.26 Å². The minimum absolute atomic E-state index is 0.107. The molecule has 6 heteroatoms. The molecule has 118 valence electrons. The highest BCUT2D eigenvalue weighted by Crippen LogP contribution is 2.43. The topological polar surface area (TPSA) is 97.0 Å². The molecule has 1 aromatic carbocycles. The van der Waals surface area contributed by atoms with E-state index in [4.69, 9.17) is 15.2 Å². The Balaban J connectivity index is 2.15. The molecule has 0 bridgehead atoms. The number of rotatable bonds is 4. The van der Waals surface area contributed by atoms with Crippen LogP contribution in [0.25, 0.3) is 0 Å². The fourth-order valence-corrected chi connectivity index (χ4v) is 2.88. The number of nitrogens with zero attached hydrogens (tertiary/aromatic N) is 2. The minimum Gasteiger partial charge on any atom is -0.497 e. The summed E-state index contributed by atoms with van der Waals surface area (Å²) in [6.07, 6.45) is 1.79.